The molecule has 0 saturated heterocycles. The van der Waals surface area contributed by atoms with Crippen LogP contribution in [0.1, 0.15) is 39.0 Å². The van der Waals surface area contributed by atoms with Crippen LogP contribution in [0.5, 0.6) is 0 Å². The molecule has 104 valence electrons. The van der Waals surface area contributed by atoms with Gasteiger partial charge in [0.2, 0.25) is 0 Å². The molecule has 0 aromatic heterocycles. The SMILES string of the molecule is CCN(c1ccc([N+](=O)[O-])cc1Cl)C1CCCCC1. The Kier molecular flexibility index (Phi) is 4.64. The fourth-order valence-corrected chi connectivity index (χ4v) is 3.14. The Morgan fingerprint density at radius 3 is 2.58 bits per heavy atom. The minimum absolute atomic E-state index is 0.0495. The number of rotatable bonds is 4. The van der Waals surface area contributed by atoms with Crippen LogP contribution in [0.4, 0.5) is 11.4 Å². The third-order valence-corrected chi connectivity index (χ3v) is 4.11. The fourth-order valence-electron chi connectivity index (χ4n) is 2.86. The molecular weight excluding hydrogens is 264 g/mol. The Hall–Kier alpha value is -1.29. The molecule has 0 atom stereocenters. The first-order valence-electron chi connectivity index (χ1n) is 6.84. The molecule has 1 aromatic rings. The monoisotopic (exact) mass is 282 g/mol. The van der Waals surface area contributed by atoms with Crippen molar-refractivity contribution >= 4 is 23.0 Å². The number of nitrogens with zero attached hydrogens (tertiary/aromatic N) is 2. The maximum atomic E-state index is 10.7. The van der Waals surface area contributed by atoms with E-state index in [0.717, 1.165) is 12.2 Å². The Morgan fingerprint density at radius 2 is 2.05 bits per heavy atom. The van der Waals surface area contributed by atoms with Crippen LogP contribution in [-0.4, -0.2) is 17.5 Å². The van der Waals surface area contributed by atoms with Crippen molar-refractivity contribution in [2.75, 3.05) is 11.4 Å². The van der Waals surface area contributed by atoms with Gasteiger partial charge in [-0.15, -0.1) is 0 Å². The maximum absolute atomic E-state index is 10.7. The Labute approximate surface area is 118 Å². The van der Waals surface area contributed by atoms with Gasteiger partial charge in [0.25, 0.3) is 5.69 Å². The van der Waals surface area contributed by atoms with Gasteiger partial charge in [0.15, 0.2) is 0 Å². The number of hydrogen-bond donors (Lipinski definition) is 0. The number of benzene rings is 1. The number of non-ortho nitro benzene ring substituents is 1. The van der Waals surface area contributed by atoms with E-state index >= 15 is 0 Å². The fraction of sp³-hybridized carbons (Fsp3) is 0.571. The van der Waals surface area contributed by atoms with Gasteiger partial charge >= 0.3 is 0 Å². The van der Waals surface area contributed by atoms with Gasteiger partial charge in [-0.3, -0.25) is 10.1 Å². The topological polar surface area (TPSA) is 46.4 Å². The second kappa shape index (κ2) is 6.24. The van der Waals surface area contributed by atoms with Crippen LogP contribution >= 0.6 is 11.6 Å². The predicted octanol–water partition coefficient (Wildman–Crippen LogP) is 4.41. The number of anilines is 1. The molecule has 1 aliphatic rings. The summed E-state index contributed by atoms with van der Waals surface area (Å²) in [7, 11) is 0. The second-order valence-corrected chi connectivity index (χ2v) is 5.38. The molecule has 0 unspecified atom stereocenters. The van der Waals surface area contributed by atoms with Crippen molar-refractivity contribution in [2.24, 2.45) is 0 Å². The molecule has 0 bridgehead atoms. The highest BCUT2D eigenvalue weighted by Gasteiger charge is 2.22. The summed E-state index contributed by atoms with van der Waals surface area (Å²) in [6.45, 7) is 2.98. The molecule has 2 rings (SSSR count). The first kappa shape index (κ1) is 14.1. The molecule has 1 aromatic carbocycles. The molecular formula is C14H19ClN2O2. The van der Waals surface area contributed by atoms with Gasteiger partial charge in [-0.1, -0.05) is 30.9 Å². The third-order valence-electron chi connectivity index (χ3n) is 3.81. The van der Waals surface area contributed by atoms with E-state index in [4.69, 9.17) is 11.6 Å². The van der Waals surface area contributed by atoms with E-state index in [-0.39, 0.29) is 5.69 Å². The molecule has 1 aliphatic carbocycles. The van der Waals surface area contributed by atoms with Crippen LogP contribution in [0.15, 0.2) is 18.2 Å². The number of nitro benzene ring substituents is 1. The van der Waals surface area contributed by atoms with E-state index in [1.54, 1.807) is 6.07 Å². The number of halogens is 1. The van der Waals surface area contributed by atoms with E-state index in [0.29, 0.717) is 11.1 Å². The van der Waals surface area contributed by atoms with Crippen molar-refractivity contribution in [3.63, 3.8) is 0 Å². The molecule has 1 saturated carbocycles. The lowest BCUT2D eigenvalue weighted by atomic mass is 9.94. The van der Waals surface area contributed by atoms with Gasteiger partial charge < -0.3 is 4.90 Å². The van der Waals surface area contributed by atoms with Crippen molar-refractivity contribution in [3.8, 4) is 0 Å². The van der Waals surface area contributed by atoms with E-state index in [9.17, 15) is 10.1 Å². The van der Waals surface area contributed by atoms with Crippen molar-refractivity contribution in [1.29, 1.82) is 0 Å². The lowest BCUT2D eigenvalue weighted by Crippen LogP contribution is -2.36. The molecule has 4 nitrogen and oxygen atoms in total. The highest BCUT2D eigenvalue weighted by atomic mass is 35.5. The molecule has 5 heteroatoms. The van der Waals surface area contributed by atoms with Crippen LogP contribution in [0.2, 0.25) is 5.02 Å². The molecule has 0 N–H and O–H groups in total. The molecule has 0 heterocycles. The zero-order valence-corrected chi connectivity index (χ0v) is 11.9. The summed E-state index contributed by atoms with van der Waals surface area (Å²) in [6.07, 6.45) is 6.18. The summed E-state index contributed by atoms with van der Waals surface area (Å²) < 4.78 is 0. The van der Waals surface area contributed by atoms with E-state index < -0.39 is 4.92 Å². The normalized spacial score (nSPS) is 16.3. The van der Waals surface area contributed by atoms with Crippen LogP contribution in [-0.2, 0) is 0 Å². The van der Waals surface area contributed by atoms with Crippen LogP contribution in [0.3, 0.4) is 0 Å². The van der Waals surface area contributed by atoms with Gasteiger partial charge in [-0.25, -0.2) is 0 Å². The quantitative estimate of drug-likeness (QED) is 0.607. The molecule has 0 amide bonds. The molecule has 0 aliphatic heterocycles. The summed E-state index contributed by atoms with van der Waals surface area (Å²) in [4.78, 5) is 12.6. The second-order valence-electron chi connectivity index (χ2n) is 4.97. The summed E-state index contributed by atoms with van der Waals surface area (Å²) in [6, 6.07) is 5.27. The van der Waals surface area contributed by atoms with Crippen molar-refractivity contribution in [1.82, 2.24) is 0 Å². The van der Waals surface area contributed by atoms with Crippen LogP contribution in [0, 0.1) is 10.1 Å². The van der Waals surface area contributed by atoms with Gasteiger partial charge in [-0.05, 0) is 25.8 Å². The number of hydrogen-bond acceptors (Lipinski definition) is 3. The maximum Gasteiger partial charge on any atom is 0.271 e. The number of nitro groups is 1. The molecule has 0 radical (unpaired) electrons. The molecule has 19 heavy (non-hydrogen) atoms. The highest BCUT2D eigenvalue weighted by Crippen LogP contribution is 2.34. The Morgan fingerprint density at radius 1 is 1.37 bits per heavy atom. The Bertz CT molecular complexity index is 459. The Balaban J connectivity index is 2.24. The summed E-state index contributed by atoms with van der Waals surface area (Å²) in [5.74, 6) is 0. The van der Waals surface area contributed by atoms with E-state index in [2.05, 4.69) is 11.8 Å². The highest BCUT2D eigenvalue weighted by molar-refractivity contribution is 6.33. The minimum atomic E-state index is -0.410. The first-order chi connectivity index (χ1) is 9.13. The van der Waals surface area contributed by atoms with E-state index in [1.807, 2.05) is 0 Å². The summed E-state index contributed by atoms with van der Waals surface area (Å²) >= 11 is 6.22. The van der Waals surface area contributed by atoms with Crippen molar-refractivity contribution in [2.45, 2.75) is 45.1 Å². The largest absolute Gasteiger partial charge is 0.368 e. The zero-order valence-electron chi connectivity index (χ0n) is 11.1. The lowest BCUT2D eigenvalue weighted by Gasteiger charge is -2.35. The van der Waals surface area contributed by atoms with Gasteiger partial charge in [0.1, 0.15) is 0 Å². The van der Waals surface area contributed by atoms with Gasteiger partial charge in [0.05, 0.1) is 15.6 Å². The third kappa shape index (κ3) is 3.18. The molecule has 0 spiro atoms. The van der Waals surface area contributed by atoms with Gasteiger partial charge in [-0.2, -0.15) is 0 Å². The molecule has 1 fully saturated rings. The standard InChI is InChI=1S/C14H19ClN2O2/c1-2-16(11-6-4-3-5-7-11)14-9-8-12(17(18)19)10-13(14)15/h8-11H,2-7H2,1H3. The van der Waals surface area contributed by atoms with Crippen LogP contribution < -0.4 is 4.90 Å². The zero-order chi connectivity index (χ0) is 13.8. The first-order valence-corrected chi connectivity index (χ1v) is 7.22. The summed E-state index contributed by atoms with van der Waals surface area (Å²) in [5, 5.41) is 11.2. The average molecular weight is 283 g/mol. The summed E-state index contributed by atoms with van der Waals surface area (Å²) in [5.41, 5.74) is 0.968. The van der Waals surface area contributed by atoms with Gasteiger partial charge in [0, 0.05) is 24.7 Å². The average Bonchev–Trinajstić information content (AvgIpc) is 2.42. The van der Waals surface area contributed by atoms with Crippen molar-refractivity contribution in [3.05, 3.63) is 33.3 Å². The lowest BCUT2D eigenvalue weighted by molar-refractivity contribution is -0.384. The van der Waals surface area contributed by atoms with E-state index in [1.165, 1.54) is 44.2 Å². The predicted molar refractivity (Wildman–Crippen MR) is 78.0 cm³/mol. The smallest absolute Gasteiger partial charge is 0.271 e. The van der Waals surface area contributed by atoms with Crippen molar-refractivity contribution < 1.29 is 4.92 Å². The minimum Gasteiger partial charge on any atom is -0.368 e. The van der Waals surface area contributed by atoms with Crippen LogP contribution in [0.25, 0.3) is 0 Å².